The number of phenolic OH excluding ortho intramolecular Hbond substituents is 1. The van der Waals surface area contributed by atoms with Crippen molar-refractivity contribution >= 4 is 55.2 Å². The van der Waals surface area contributed by atoms with Crippen LogP contribution < -0.4 is 0 Å². The Bertz CT molecular complexity index is 1610. The molecule has 3 aromatic heterocycles. The van der Waals surface area contributed by atoms with Crippen molar-refractivity contribution in [3.63, 3.8) is 0 Å². The fraction of sp³-hybridized carbons (Fsp3) is 0. The average Bonchev–Trinajstić information content (AvgIpc) is 3.51. The molecule has 0 saturated carbocycles. The van der Waals surface area contributed by atoms with E-state index >= 15 is 0 Å². The highest BCUT2D eigenvalue weighted by Gasteiger charge is 2.30. The molecule has 0 radical (unpaired) electrons. The van der Waals surface area contributed by atoms with Crippen molar-refractivity contribution in [1.82, 2.24) is 3.97 Å². The first-order chi connectivity index (χ1) is 15.4. The van der Waals surface area contributed by atoms with Crippen molar-refractivity contribution in [3.8, 4) is 33.5 Å². The summed E-state index contributed by atoms with van der Waals surface area (Å²) in [4.78, 5) is 1.28. The van der Waals surface area contributed by atoms with Crippen LogP contribution >= 0.6 is 34.3 Å². The number of nitrogens with zero attached hydrogens (tertiary/aromatic N) is 2. The van der Waals surface area contributed by atoms with Gasteiger partial charge in [0.05, 0.1) is 21.0 Å². The van der Waals surface area contributed by atoms with E-state index in [1.165, 1.54) is 63.0 Å². The Morgan fingerprint density at radius 1 is 1.00 bits per heavy atom. The van der Waals surface area contributed by atoms with Gasteiger partial charge in [-0.3, -0.25) is 0 Å². The number of hydrogen-bond donors (Lipinski definition) is 1. The minimum absolute atomic E-state index is 0.00579. The first-order valence-corrected chi connectivity index (χ1v) is 12.9. The highest BCUT2D eigenvalue weighted by atomic mass is 35.5. The van der Waals surface area contributed by atoms with Gasteiger partial charge in [0.1, 0.15) is 16.7 Å². The Labute approximate surface area is 197 Å². The van der Waals surface area contributed by atoms with Gasteiger partial charge in [0.2, 0.25) is 0 Å². The van der Waals surface area contributed by atoms with Crippen LogP contribution in [0.5, 0.6) is 5.75 Å². The number of benzene rings is 2. The number of thiophene rings is 2. The third-order valence-corrected chi connectivity index (χ3v) is 8.73. The van der Waals surface area contributed by atoms with E-state index in [9.17, 15) is 18.8 Å². The molecule has 1 N–H and O–H groups in total. The first kappa shape index (κ1) is 20.8. The molecule has 0 aliphatic heterocycles. The van der Waals surface area contributed by atoms with Crippen LogP contribution in [0.2, 0.25) is 5.02 Å². The van der Waals surface area contributed by atoms with Crippen LogP contribution in [-0.4, -0.2) is 17.5 Å². The number of hydrogen-bond acceptors (Lipinski definition) is 6. The standard InChI is InChI=1S/C23H13ClN2O3S3/c24-14-3-6-16(7-4-14)32(28,29)26-19-8-5-15(27)12-18(19)22(17-9-11-31-21(17)13-25)23(26)20-2-1-10-30-20/h1-12,27H. The lowest BCUT2D eigenvalue weighted by molar-refractivity contribution is 0.476. The number of aromatic nitrogens is 1. The first-order valence-electron chi connectivity index (χ1n) is 9.32. The highest BCUT2D eigenvalue weighted by molar-refractivity contribution is 7.90. The summed E-state index contributed by atoms with van der Waals surface area (Å²) in [5.41, 5.74) is 2.08. The molecule has 0 fully saturated rings. The zero-order valence-electron chi connectivity index (χ0n) is 16.2. The largest absolute Gasteiger partial charge is 0.508 e. The maximum absolute atomic E-state index is 13.9. The van der Waals surface area contributed by atoms with Crippen LogP contribution in [-0.2, 0) is 10.0 Å². The van der Waals surface area contributed by atoms with Gasteiger partial charge in [0, 0.05) is 21.5 Å². The zero-order chi connectivity index (χ0) is 22.5. The van der Waals surface area contributed by atoms with E-state index in [1.807, 2.05) is 17.5 Å². The summed E-state index contributed by atoms with van der Waals surface area (Å²) in [5.74, 6) is 0.00579. The molecule has 0 saturated heterocycles. The second-order valence-electron chi connectivity index (χ2n) is 6.90. The number of halogens is 1. The maximum Gasteiger partial charge on any atom is 0.268 e. The third-order valence-electron chi connectivity index (χ3n) is 5.05. The Hall–Kier alpha value is -3.09. The second kappa shape index (κ2) is 7.80. The summed E-state index contributed by atoms with van der Waals surface area (Å²) in [6, 6.07) is 18.3. The minimum atomic E-state index is -4.04. The van der Waals surface area contributed by atoms with Gasteiger partial charge >= 0.3 is 0 Å². The molecule has 0 amide bonds. The molecule has 5 rings (SSSR count). The van der Waals surface area contributed by atoms with Crippen LogP contribution in [0.25, 0.3) is 32.6 Å². The summed E-state index contributed by atoms with van der Waals surface area (Å²) in [6.45, 7) is 0. The predicted octanol–water partition coefficient (Wildman–Crippen LogP) is 6.57. The lowest BCUT2D eigenvalue weighted by atomic mass is 10.0. The smallest absolute Gasteiger partial charge is 0.268 e. The monoisotopic (exact) mass is 496 g/mol. The van der Waals surface area contributed by atoms with Crippen molar-refractivity contribution < 1.29 is 13.5 Å². The molecule has 0 spiro atoms. The van der Waals surface area contributed by atoms with E-state index in [2.05, 4.69) is 6.07 Å². The van der Waals surface area contributed by atoms with Crippen LogP contribution in [0.1, 0.15) is 4.88 Å². The van der Waals surface area contributed by atoms with E-state index in [4.69, 9.17) is 11.6 Å². The molecule has 2 aromatic carbocycles. The molecule has 3 heterocycles. The van der Waals surface area contributed by atoms with Gasteiger partial charge in [-0.1, -0.05) is 17.7 Å². The Morgan fingerprint density at radius 3 is 2.47 bits per heavy atom. The van der Waals surface area contributed by atoms with Crippen molar-refractivity contribution in [2.45, 2.75) is 4.90 Å². The van der Waals surface area contributed by atoms with Crippen molar-refractivity contribution in [2.75, 3.05) is 0 Å². The van der Waals surface area contributed by atoms with Gasteiger partial charge in [-0.25, -0.2) is 12.4 Å². The second-order valence-corrected chi connectivity index (χ2v) is 11.0. The molecule has 158 valence electrons. The van der Waals surface area contributed by atoms with Gasteiger partial charge < -0.3 is 5.11 Å². The lowest BCUT2D eigenvalue weighted by Gasteiger charge is -2.12. The van der Waals surface area contributed by atoms with Crippen LogP contribution in [0, 0.1) is 11.3 Å². The molecule has 0 unspecified atom stereocenters. The van der Waals surface area contributed by atoms with Gasteiger partial charge in [-0.05, 0) is 65.4 Å². The summed E-state index contributed by atoms with van der Waals surface area (Å²) in [7, 11) is -4.04. The van der Waals surface area contributed by atoms with Gasteiger partial charge in [0.25, 0.3) is 10.0 Å². The maximum atomic E-state index is 13.9. The molecule has 0 aliphatic carbocycles. The number of phenols is 1. The molecule has 0 bridgehead atoms. The van der Waals surface area contributed by atoms with E-state index in [-0.39, 0.29) is 10.6 Å². The molecular formula is C23H13ClN2O3S3. The van der Waals surface area contributed by atoms with E-state index in [0.717, 1.165) is 4.88 Å². The van der Waals surface area contributed by atoms with E-state index in [1.54, 1.807) is 17.5 Å². The topological polar surface area (TPSA) is 83.1 Å². The Kier molecular flexibility index (Phi) is 5.07. The molecule has 9 heteroatoms. The summed E-state index contributed by atoms with van der Waals surface area (Å²) in [5, 5.41) is 24.5. The van der Waals surface area contributed by atoms with Crippen LogP contribution in [0.3, 0.4) is 0 Å². The van der Waals surface area contributed by atoms with Crippen molar-refractivity contribution in [2.24, 2.45) is 0 Å². The average molecular weight is 497 g/mol. The third kappa shape index (κ3) is 3.22. The normalized spacial score (nSPS) is 11.6. The molecule has 0 atom stereocenters. The summed E-state index contributed by atoms with van der Waals surface area (Å²) >= 11 is 8.66. The van der Waals surface area contributed by atoms with E-state index < -0.39 is 10.0 Å². The number of rotatable bonds is 4. The predicted molar refractivity (Wildman–Crippen MR) is 129 cm³/mol. The zero-order valence-corrected chi connectivity index (χ0v) is 19.4. The number of aromatic hydroxyl groups is 1. The molecular weight excluding hydrogens is 484 g/mol. The molecule has 5 nitrogen and oxygen atoms in total. The van der Waals surface area contributed by atoms with Crippen molar-refractivity contribution in [3.05, 3.63) is 81.3 Å². The lowest BCUT2D eigenvalue weighted by Crippen LogP contribution is -2.14. The van der Waals surface area contributed by atoms with Gasteiger partial charge in [-0.15, -0.1) is 22.7 Å². The number of nitriles is 1. The quantitative estimate of drug-likeness (QED) is 0.305. The van der Waals surface area contributed by atoms with E-state index in [0.29, 0.717) is 37.6 Å². The van der Waals surface area contributed by atoms with Gasteiger partial charge in [-0.2, -0.15) is 5.26 Å². The SMILES string of the molecule is N#Cc1sccc1-c1c(-c2cccs2)n(S(=O)(=O)c2ccc(Cl)cc2)c2ccc(O)cc12. The molecule has 5 aromatic rings. The minimum Gasteiger partial charge on any atom is -0.508 e. The molecule has 0 aliphatic rings. The number of fused-ring (bicyclic) bond motifs is 1. The summed E-state index contributed by atoms with van der Waals surface area (Å²) < 4.78 is 29.1. The fourth-order valence-electron chi connectivity index (χ4n) is 3.71. The Morgan fingerprint density at radius 2 is 1.78 bits per heavy atom. The fourth-order valence-corrected chi connectivity index (χ4v) is 6.89. The summed E-state index contributed by atoms with van der Waals surface area (Å²) in [6.07, 6.45) is 0. The van der Waals surface area contributed by atoms with Crippen molar-refractivity contribution in [1.29, 1.82) is 5.26 Å². The Balaban J connectivity index is 1.98. The van der Waals surface area contributed by atoms with Crippen LogP contribution in [0.4, 0.5) is 0 Å². The van der Waals surface area contributed by atoms with Crippen LogP contribution in [0.15, 0.2) is 76.3 Å². The van der Waals surface area contributed by atoms with Gasteiger partial charge in [0.15, 0.2) is 0 Å². The highest BCUT2D eigenvalue weighted by Crippen LogP contribution is 2.46. The molecule has 32 heavy (non-hydrogen) atoms.